The average molecular weight is 396 g/mol. The Morgan fingerprint density at radius 2 is 1.93 bits per heavy atom. The molecule has 2 aromatic heterocycles. The number of ether oxygens (including phenoxy) is 2. The minimum atomic E-state index is -0.507. The predicted octanol–water partition coefficient (Wildman–Crippen LogP) is 4.34. The van der Waals surface area contributed by atoms with E-state index in [2.05, 4.69) is 19.9 Å². The van der Waals surface area contributed by atoms with Gasteiger partial charge in [-0.1, -0.05) is 12.1 Å². The molecule has 1 N–H and O–H groups in total. The third-order valence-corrected chi connectivity index (χ3v) is 4.35. The van der Waals surface area contributed by atoms with Crippen LogP contribution in [0.15, 0.2) is 55.0 Å². The van der Waals surface area contributed by atoms with Gasteiger partial charge in [0.15, 0.2) is 5.65 Å². The number of rotatable bonds is 7. The summed E-state index contributed by atoms with van der Waals surface area (Å²) in [5, 5.41) is 0. The van der Waals surface area contributed by atoms with Crippen molar-refractivity contribution in [3.8, 4) is 5.75 Å². The Bertz CT molecular complexity index is 1080. The lowest BCUT2D eigenvalue weighted by Gasteiger charge is -2.16. The Balaban J connectivity index is 1.52. The molecule has 0 bridgehead atoms. The number of fused-ring (bicyclic) bond motifs is 1. The second-order valence-corrected chi connectivity index (χ2v) is 6.31. The van der Waals surface area contributed by atoms with Crippen molar-refractivity contribution in [3.63, 3.8) is 0 Å². The van der Waals surface area contributed by atoms with Crippen LogP contribution in [-0.2, 0) is 11.3 Å². The fourth-order valence-corrected chi connectivity index (χ4v) is 2.96. The Kier molecular flexibility index (Phi) is 5.44. The van der Waals surface area contributed by atoms with E-state index >= 15 is 0 Å². The first kappa shape index (κ1) is 18.9. The molecule has 1 atom stereocenters. The summed E-state index contributed by atoms with van der Waals surface area (Å²) in [6, 6.07) is 10.5. The van der Waals surface area contributed by atoms with Crippen LogP contribution in [0.3, 0.4) is 0 Å². The normalized spacial score (nSPS) is 12.2. The van der Waals surface area contributed by atoms with Crippen LogP contribution in [0.25, 0.3) is 11.2 Å². The number of halogens is 2. The number of H-pyrrole nitrogens is 1. The van der Waals surface area contributed by atoms with Crippen molar-refractivity contribution in [2.24, 2.45) is 0 Å². The van der Waals surface area contributed by atoms with E-state index in [0.29, 0.717) is 23.8 Å². The van der Waals surface area contributed by atoms with Gasteiger partial charge in [-0.2, -0.15) is 0 Å². The number of nitrogens with one attached hydrogen (secondary N) is 1. The van der Waals surface area contributed by atoms with Crippen LogP contribution in [0.5, 0.6) is 5.75 Å². The van der Waals surface area contributed by atoms with Gasteiger partial charge >= 0.3 is 0 Å². The molecule has 0 aliphatic heterocycles. The van der Waals surface area contributed by atoms with Gasteiger partial charge in [0.1, 0.15) is 47.8 Å². The van der Waals surface area contributed by atoms with Crippen LogP contribution in [-0.4, -0.2) is 26.5 Å². The number of benzene rings is 2. The smallest absolute Gasteiger partial charge is 0.180 e. The zero-order valence-electron chi connectivity index (χ0n) is 15.6. The molecule has 8 heteroatoms. The Hall–Kier alpha value is -3.39. The third kappa shape index (κ3) is 4.22. The molecule has 4 aromatic rings. The quantitative estimate of drug-likeness (QED) is 0.503. The standard InChI is InChI=1S/C21H18F2N4O2/c1-2-28-19(21-26-18-10-24-12-25-20(18)27-21)13-3-6-16(7-4-13)29-11-14-9-15(22)5-8-17(14)23/h3-10,12,19H,2,11H2,1H3,(H,24,25,26,27). The van der Waals surface area contributed by atoms with Gasteiger partial charge in [0, 0.05) is 12.2 Å². The molecule has 0 saturated heterocycles. The minimum absolute atomic E-state index is 0.0694. The van der Waals surface area contributed by atoms with E-state index in [-0.39, 0.29) is 12.2 Å². The van der Waals surface area contributed by atoms with Crippen molar-refractivity contribution in [2.75, 3.05) is 6.61 Å². The van der Waals surface area contributed by atoms with Crippen molar-refractivity contribution >= 4 is 11.2 Å². The van der Waals surface area contributed by atoms with Crippen molar-refractivity contribution < 1.29 is 18.3 Å². The van der Waals surface area contributed by atoms with Crippen LogP contribution in [0.2, 0.25) is 0 Å². The van der Waals surface area contributed by atoms with Crippen LogP contribution in [0.1, 0.15) is 30.0 Å². The first-order chi connectivity index (χ1) is 14.1. The predicted molar refractivity (Wildman–Crippen MR) is 102 cm³/mol. The summed E-state index contributed by atoms with van der Waals surface area (Å²) >= 11 is 0. The van der Waals surface area contributed by atoms with Gasteiger partial charge in [-0.05, 0) is 42.8 Å². The van der Waals surface area contributed by atoms with E-state index in [0.717, 1.165) is 29.3 Å². The van der Waals surface area contributed by atoms with Crippen LogP contribution in [0, 0.1) is 11.6 Å². The van der Waals surface area contributed by atoms with E-state index in [1.54, 1.807) is 18.3 Å². The summed E-state index contributed by atoms with van der Waals surface area (Å²) in [7, 11) is 0. The van der Waals surface area contributed by atoms with Gasteiger partial charge < -0.3 is 14.5 Å². The maximum atomic E-state index is 13.7. The average Bonchev–Trinajstić information content (AvgIpc) is 3.17. The molecule has 2 aromatic carbocycles. The van der Waals surface area contributed by atoms with Crippen LogP contribution >= 0.6 is 0 Å². The molecule has 0 aliphatic carbocycles. The second-order valence-electron chi connectivity index (χ2n) is 6.31. The molecule has 0 amide bonds. The highest BCUT2D eigenvalue weighted by molar-refractivity contribution is 5.69. The van der Waals surface area contributed by atoms with Gasteiger partial charge in [0.05, 0.1) is 6.20 Å². The number of aromatic amines is 1. The molecule has 0 spiro atoms. The molecule has 2 heterocycles. The van der Waals surface area contributed by atoms with E-state index in [9.17, 15) is 8.78 Å². The second kappa shape index (κ2) is 8.32. The highest BCUT2D eigenvalue weighted by atomic mass is 19.1. The molecule has 0 aliphatic rings. The van der Waals surface area contributed by atoms with E-state index in [1.807, 2.05) is 19.1 Å². The topological polar surface area (TPSA) is 72.9 Å². The van der Waals surface area contributed by atoms with Crippen molar-refractivity contribution in [1.82, 2.24) is 19.9 Å². The van der Waals surface area contributed by atoms with Crippen molar-refractivity contribution in [2.45, 2.75) is 19.6 Å². The minimum Gasteiger partial charge on any atom is -0.489 e. The Morgan fingerprint density at radius 3 is 2.69 bits per heavy atom. The number of hydrogen-bond donors (Lipinski definition) is 1. The SMILES string of the molecule is CCOC(c1ccc(OCc2cc(F)ccc2F)cc1)c1nc2ncncc2[nH]1. The lowest BCUT2D eigenvalue weighted by molar-refractivity contribution is 0.0859. The largest absolute Gasteiger partial charge is 0.489 e. The molecule has 0 saturated carbocycles. The van der Waals surface area contributed by atoms with Crippen LogP contribution in [0.4, 0.5) is 8.78 Å². The van der Waals surface area contributed by atoms with E-state index < -0.39 is 17.7 Å². The monoisotopic (exact) mass is 396 g/mol. The molecule has 29 heavy (non-hydrogen) atoms. The van der Waals surface area contributed by atoms with Crippen LogP contribution < -0.4 is 4.74 Å². The summed E-state index contributed by atoms with van der Waals surface area (Å²) < 4.78 is 38.4. The third-order valence-electron chi connectivity index (χ3n) is 4.35. The number of aromatic nitrogens is 4. The zero-order chi connectivity index (χ0) is 20.2. The van der Waals surface area contributed by atoms with Gasteiger partial charge in [-0.3, -0.25) is 0 Å². The number of nitrogens with zero attached hydrogens (tertiary/aromatic N) is 3. The molecular formula is C21H18F2N4O2. The summed E-state index contributed by atoms with van der Waals surface area (Å²) in [6.45, 7) is 2.32. The zero-order valence-corrected chi connectivity index (χ0v) is 15.6. The Labute approximate surface area is 165 Å². The molecule has 0 radical (unpaired) electrons. The van der Waals surface area contributed by atoms with Crippen molar-refractivity contribution in [1.29, 1.82) is 0 Å². The van der Waals surface area contributed by atoms with Gasteiger partial charge in [-0.15, -0.1) is 0 Å². The Morgan fingerprint density at radius 1 is 1.10 bits per heavy atom. The maximum Gasteiger partial charge on any atom is 0.180 e. The summed E-state index contributed by atoms with van der Waals surface area (Å²) in [6.07, 6.45) is 2.68. The highest BCUT2D eigenvalue weighted by Gasteiger charge is 2.19. The first-order valence-corrected chi connectivity index (χ1v) is 9.08. The summed E-state index contributed by atoms with van der Waals surface area (Å²) in [5.74, 6) is 0.142. The van der Waals surface area contributed by atoms with E-state index in [1.165, 1.54) is 6.33 Å². The highest BCUT2D eigenvalue weighted by Crippen LogP contribution is 2.27. The lowest BCUT2D eigenvalue weighted by atomic mass is 10.1. The number of imidazole rings is 1. The number of hydrogen-bond acceptors (Lipinski definition) is 5. The summed E-state index contributed by atoms with van der Waals surface area (Å²) in [5.41, 5.74) is 2.31. The molecule has 1 unspecified atom stereocenters. The van der Waals surface area contributed by atoms with Crippen molar-refractivity contribution in [3.05, 3.63) is 83.6 Å². The van der Waals surface area contributed by atoms with Gasteiger partial charge in [0.2, 0.25) is 0 Å². The maximum absolute atomic E-state index is 13.7. The van der Waals surface area contributed by atoms with E-state index in [4.69, 9.17) is 9.47 Å². The summed E-state index contributed by atoms with van der Waals surface area (Å²) in [4.78, 5) is 15.8. The fraction of sp³-hybridized carbons (Fsp3) is 0.190. The first-order valence-electron chi connectivity index (χ1n) is 9.08. The fourth-order valence-electron chi connectivity index (χ4n) is 2.96. The molecule has 0 fully saturated rings. The van der Waals surface area contributed by atoms with Gasteiger partial charge in [0.25, 0.3) is 0 Å². The molecule has 148 valence electrons. The van der Waals surface area contributed by atoms with Gasteiger partial charge in [-0.25, -0.2) is 23.7 Å². The molecule has 4 rings (SSSR count). The molecule has 6 nitrogen and oxygen atoms in total. The lowest BCUT2D eigenvalue weighted by Crippen LogP contribution is -2.08. The molecular weight excluding hydrogens is 378 g/mol.